The molecule has 0 radical (unpaired) electrons. The first kappa shape index (κ1) is 8.18. The monoisotopic (exact) mass is 196 g/mol. The van der Waals surface area contributed by atoms with Crippen molar-refractivity contribution in [1.29, 1.82) is 4.78 Å². The lowest BCUT2D eigenvalue weighted by molar-refractivity contribution is 0.676. The van der Waals surface area contributed by atoms with Gasteiger partial charge in [0.25, 0.3) is 0 Å². The Kier molecular flexibility index (Phi) is 1.59. The van der Waals surface area contributed by atoms with E-state index >= 15 is 0 Å². The second-order valence-corrected chi connectivity index (χ2v) is 4.86. The van der Waals surface area contributed by atoms with Gasteiger partial charge in [0.2, 0.25) is 0 Å². The Morgan fingerprint density at radius 1 is 1.62 bits per heavy atom. The van der Waals surface area contributed by atoms with E-state index in [0.29, 0.717) is 16.1 Å². The summed E-state index contributed by atoms with van der Waals surface area (Å²) in [6.07, 6.45) is 2.93. The van der Waals surface area contributed by atoms with Crippen LogP contribution in [0.25, 0.3) is 11.0 Å². The fourth-order valence-corrected chi connectivity index (χ4v) is 1.84. The molecule has 0 fully saturated rings. The fraction of sp³-hybridized carbons (Fsp3) is 0.143. The molecule has 0 bridgehead atoms. The van der Waals surface area contributed by atoms with E-state index in [1.165, 1.54) is 6.26 Å². The molecule has 2 aromatic heterocycles. The minimum atomic E-state index is -2.77. The van der Waals surface area contributed by atoms with Crippen molar-refractivity contribution in [2.45, 2.75) is 5.03 Å². The Bertz CT molecular complexity index is 542. The minimum absolute atomic E-state index is 0.295. The minimum Gasteiger partial charge on any atom is -0.266 e. The number of hydrogen-bond donors (Lipinski definition) is 2. The van der Waals surface area contributed by atoms with Crippen molar-refractivity contribution in [2.75, 3.05) is 6.26 Å². The maximum absolute atomic E-state index is 11.4. The molecule has 13 heavy (non-hydrogen) atoms. The predicted octanol–water partition coefficient (Wildman–Crippen LogP) is 0.993. The summed E-state index contributed by atoms with van der Waals surface area (Å²) in [7, 11) is -2.77. The van der Waals surface area contributed by atoms with Crippen LogP contribution in [-0.4, -0.2) is 25.6 Å². The number of rotatable bonds is 1. The lowest BCUT2D eigenvalue weighted by Crippen LogP contribution is -1.96. The average Bonchev–Trinajstić information content (AvgIpc) is 2.45. The molecule has 0 aliphatic carbocycles. The van der Waals surface area contributed by atoms with Gasteiger partial charge in [0, 0.05) is 12.5 Å². The van der Waals surface area contributed by atoms with Gasteiger partial charge in [0.1, 0.15) is 11.0 Å². The van der Waals surface area contributed by atoms with Crippen molar-refractivity contribution in [1.82, 2.24) is 15.2 Å². The SMILES string of the molecule is CS(=N)(=O)c1[nH]nc2cccnc12. The summed E-state index contributed by atoms with van der Waals surface area (Å²) in [5.74, 6) is 0. The van der Waals surface area contributed by atoms with Crippen LogP contribution >= 0.6 is 0 Å². The van der Waals surface area contributed by atoms with Crippen molar-refractivity contribution in [3.05, 3.63) is 18.3 Å². The molecule has 1 atom stereocenters. The van der Waals surface area contributed by atoms with E-state index in [-0.39, 0.29) is 0 Å². The normalized spacial score (nSPS) is 15.8. The zero-order chi connectivity index (χ0) is 9.47. The first-order valence-corrected chi connectivity index (χ1v) is 5.58. The number of nitrogens with one attached hydrogen (secondary N) is 2. The van der Waals surface area contributed by atoms with Gasteiger partial charge in [-0.3, -0.25) is 10.1 Å². The Morgan fingerprint density at radius 3 is 3.08 bits per heavy atom. The highest BCUT2D eigenvalue weighted by Crippen LogP contribution is 2.16. The number of pyridine rings is 1. The molecular weight excluding hydrogens is 188 g/mol. The zero-order valence-electron chi connectivity index (χ0n) is 6.94. The number of aromatic nitrogens is 3. The Morgan fingerprint density at radius 2 is 2.38 bits per heavy atom. The Hall–Kier alpha value is -1.43. The van der Waals surface area contributed by atoms with Gasteiger partial charge in [0.15, 0.2) is 5.03 Å². The van der Waals surface area contributed by atoms with E-state index in [2.05, 4.69) is 15.2 Å². The van der Waals surface area contributed by atoms with Crippen LogP contribution in [0.3, 0.4) is 0 Å². The Labute approximate surface area is 75.2 Å². The van der Waals surface area contributed by atoms with Crippen molar-refractivity contribution in [3.8, 4) is 0 Å². The molecule has 2 rings (SSSR count). The van der Waals surface area contributed by atoms with Gasteiger partial charge in [-0.05, 0) is 12.1 Å². The second kappa shape index (κ2) is 2.53. The molecule has 68 valence electrons. The maximum atomic E-state index is 11.4. The summed E-state index contributed by atoms with van der Waals surface area (Å²) in [5, 5.41) is 6.77. The van der Waals surface area contributed by atoms with Gasteiger partial charge in [-0.15, -0.1) is 0 Å². The fourth-order valence-electron chi connectivity index (χ4n) is 1.10. The summed E-state index contributed by atoms with van der Waals surface area (Å²) in [5.41, 5.74) is 1.16. The zero-order valence-corrected chi connectivity index (χ0v) is 7.76. The van der Waals surface area contributed by atoms with Gasteiger partial charge in [0.05, 0.1) is 9.73 Å². The molecule has 0 saturated heterocycles. The molecule has 0 aliphatic heterocycles. The van der Waals surface area contributed by atoms with E-state index in [4.69, 9.17) is 4.78 Å². The van der Waals surface area contributed by atoms with Crippen molar-refractivity contribution in [2.24, 2.45) is 0 Å². The van der Waals surface area contributed by atoms with Crippen LogP contribution in [0.15, 0.2) is 23.4 Å². The largest absolute Gasteiger partial charge is 0.266 e. The topological polar surface area (TPSA) is 82.5 Å². The third kappa shape index (κ3) is 1.29. The first-order valence-electron chi connectivity index (χ1n) is 3.62. The number of hydrogen-bond acceptors (Lipinski definition) is 4. The van der Waals surface area contributed by atoms with Crippen LogP contribution in [0, 0.1) is 4.78 Å². The number of H-pyrrole nitrogens is 1. The van der Waals surface area contributed by atoms with Gasteiger partial charge in [-0.2, -0.15) is 5.10 Å². The predicted molar refractivity (Wildman–Crippen MR) is 48.9 cm³/mol. The van der Waals surface area contributed by atoms with Crippen LogP contribution in [0.1, 0.15) is 0 Å². The smallest absolute Gasteiger partial charge is 0.156 e. The summed E-state index contributed by atoms with van der Waals surface area (Å²) in [4.78, 5) is 4.01. The van der Waals surface area contributed by atoms with Crippen LogP contribution in [0.2, 0.25) is 0 Å². The van der Waals surface area contributed by atoms with Gasteiger partial charge in [-0.1, -0.05) is 0 Å². The molecule has 6 heteroatoms. The molecule has 2 aromatic rings. The van der Waals surface area contributed by atoms with Crippen LogP contribution in [0.5, 0.6) is 0 Å². The second-order valence-electron chi connectivity index (χ2n) is 2.77. The van der Waals surface area contributed by atoms with E-state index in [0.717, 1.165) is 0 Å². The Balaban J connectivity index is 2.87. The quantitative estimate of drug-likeness (QED) is 0.713. The van der Waals surface area contributed by atoms with Crippen molar-refractivity contribution >= 4 is 20.8 Å². The average molecular weight is 196 g/mol. The molecule has 0 amide bonds. The van der Waals surface area contributed by atoms with Crippen molar-refractivity contribution < 1.29 is 4.21 Å². The maximum Gasteiger partial charge on any atom is 0.156 e. The van der Waals surface area contributed by atoms with E-state index < -0.39 is 9.73 Å². The highest BCUT2D eigenvalue weighted by atomic mass is 32.2. The van der Waals surface area contributed by atoms with Gasteiger partial charge < -0.3 is 0 Å². The van der Waals surface area contributed by atoms with Crippen LogP contribution < -0.4 is 0 Å². The number of fused-ring (bicyclic) bond motifs is 1. The molecule has 0 aromatic carbocycles. The van der Waals surface area contributed by atoms with Gasteiger partial charge in [-0.25, -0.2) is 8.99 Å². The molecule has 0 spiro atoms. The standard InChI is InChI=1S/C7H8N4OS/c1-13(8,12)7-6-5(10-11-7)3-2-4-9-6/h2-4,8H,1H3,(H,10,11). The molecule has 0 saturated carbocycles. The van der Waals surface area contributed by atoms with Crippen LogP contribution in [-0.2, 0) is 9.73 Å². The van der Waals surface area contributed by atoms with Gasteiger partial charge >= 0.3 is 0 Å². The van der Waals surface area contributed by atoms with E-state index in [1.54, 1.807) is 18.3 Å². The number of nitrogens with zero attached hydrogens (tertiary/aromatic N) is 2. The molecule has 2 N–H and O–H groups in total. The highest BCUT2D eigenvalue weighted by molar-refractivity contribution is 7.91. The van der Waals surface area contributed by atoms with E-state index in [9.17, 15) is 4.21 Å². The summed E-state index contributed by atoms with van der Waals surface area (Å²) < 4.78 is 18.8. The molecular formula is C7H8N4OS. The summed E-state index contributed by atoms with van der Waals surface area (Å²) >= 11 is 0. The van der Waals surface area contributed by atoms with E-state index in [1.807, 2.05) is 0 Å². The molecule has 2 heterocycles. The summed E-state index contributed by atoms with van der Waals surface area (Å²) in [6, 6.07) is 3.50. The molecule has 5 nitrogen and oxygen atoms in total. The molecule has 1 unspecified atom stereocenters. The lowest BCUT2D eigenvalue weighted by Gasteiger charge is -1.94. The first-order chi connectivity index (χ1) is 6.09. The third-order valence-electron chi connectivity index (χ3n) is 1.67. The lowest BCUT2D eigenvalue weighted by atomic mass is 10.4. The van der Waals surface area contributed by atoms with Crippen LogP contribution in [0.4, 0.5) is 0 Å². The molecule has 0 aliphatic rings. The third-order valence-corrected chi connectivity index (χ3v) is 2.73. The van der Waals surface area contributed by atoms with Crippen molar-refractivity contribution in [3.63, 3.8) is 0 Å². The highest BCUT2D eigenvalue weighted by Gasteiger charge is 2.12. The number of aromatic amines is 1. The summed E-state index contributed by atoms with van der Waals surface area (Å²) in [6.45, 7) is 0.